The highest BCUT2D eigenvalue weighted by atomic mass is 16.5. The highest BCUT2D eigenvalue weighted by molar-refractivity contribution is 5.78. The number of hydrogen-bond donors (Lipinski definition) is 1. The van der Waals surface area contributed by atoms with E-state index in [0.29, 0.717) is 19.5 Å². The molecule has 1 aliphatic rings. The van der Waals surface area contributed by atoms with Crippen molar-refractivity contribution in [2.24, 2.45) is 5.92 Å². The third-order valence-corrected chi connectivity index (χ3v) is 3.09. The van der Waals surface area contributed by atoms with E-state index in [1.807, 2.05) is 24.3 Å². The molecule has 0 saturated carbocycles. The Kier molecular flexibility index (Phi) is 3.64. The topological polar surface area (TPSA) is 49.8 Å². The Balaban J connectivity index is 1.98. The van der Waals surface area contributed by atoms with E-state index in [2.05, 4.69) is 0 Å². The average Bonchev–Trinajstić information content (AvgIpc) is 2.71. The molecule has 2 rings (SSSR count). The number of ether oxygens (including phenoxy) is 1. The van der Waals surface area contributed by atoms with Gasteiger partial charge in [0.05, 0.1) is 7.11 Å². The summed E-state index contributed by atoms with van der Waals surface area (Å²) in [5.74, 6) is 1.04. The van der Waals surface area contributed by atoms with Gasteiger partial charge in [0.1, 0.15) is 5.75 Å². The number of methoxy groups -OCH3 is 1. The Morgan fingerprint density at radius 2 is 2.12 bits per heavy atom. The van der Waals surface area contributed by atoms with Gasteiger partial charge in [-0.25, -0.2) is 0 Å². The van der Waals surface area contributed by atoms with Crippen molar-refractivity contribution in [1.29, 1.82) is 0 Å². The molecule has 0 radical (unpaired) electrons. The first-order valence-corrected chi connectivity index (χ1v) is 5.74. The van der Waals surface area contributed by atoms with Crippen molar-refractivity contribution in [3.63, 3.8) is 0 Å². The number of rotatable bonds is 4. The summed E-state index contributed by atoms with van der Waals surface area (Å²) in [6.45, 7) is 1.35. The van der Waals surface area contributed by atoms with Gasteiger partial charge in [0.15, 0.2) is 0 Å². The lowest BCUT2D eigenvalue weighted by Crippen LogP contribution is -2.24. The van der Waals surface area contributed by atoms with Gasteiger partial charge in [0.2, 0.25) is 5.91 Å². The number of benzene rings is 1. The van der Waals surface area contributed by atoms with Crippen molar-refractivity contribution in [2.75, 3.05) is 20.3 Å². The number of aliphatic hydroxyl groups excluding tert-OH is 1. The van der Waals surface area contributed by atoms with Gasteiger partial charge in [-0.3, -0.25) is 4.79 Å². The van der Waals surface area contributed by atoms with E-state index in [-0.39, 0.29) is 18.4 Å². The molecule has 1 fully saturated rings. The molecule has 0 aliphatic carbocycles. The van der Waals surface area contributed by atoms with Crippen LogP contribution >= 0.6 is 0 Å². The number of carbonyl (C=O) groups excluding carboxylic acids is 1. The van der Waals surface area contributed by atoms with E-state index in [1.54, 1.807) is 12.0 Å². The molecular weight excluding hydrogens is 218 g/mol. The largest absolute Gasteiger partial charge is 0.497 e. The second kappa shape index (κ2) is 5.19. The van der Waals surface area contributed by atoms with Crippen LogP contribution in [0.15, 0.2) is 24.3 Å². The van der Waals surface area contributed by atoms with Gasteiger partial charge in [-0.2, -0.15) is 0 Å². The van der Waals surface area contributed by atoms with Gasteiger partial charge >= 0.3 is 0 Å². The Hall–Kier alpha value is -1.55. The molecule has 0 unspecified atom stereocenters. The molecular formula is C13H17NO3. The normalized spacial score (nSPS) is 19.8. The summed E-state index contributed by atoms with van der Waals surface area (Å²) in [7, 11) is 1.63. The van der Waals surface area contributed by atoms with Crippen LogP contribution in [-0.2, 0) is 11.3 Å². The maximum Gasteiger partial charge on any atom is 0.223 e. The summed E-state index contributed by atoms with van der Waals surface area (Å²) in [6, 6.07) is 7.69. The van der Waals surface area contributed by atoms with Crippen molar-refractivity contribution < 1.29 is 14.6 Å². The van der Waals surface area contributed by atoms with Crippen LogP contribution in [0.25, 0.3) is 0 Å². The molecule has 1 aliphatic heterocycles. The van der Waals surface area contributed by atoms with Crippen LogP contribution in [-0.4, -0.2) is 36.2 Å². The number of aliphatic hydroxyl groups is 1. The summed E-state index contributed by atoms with van der Waals surface area (Å²) >= 11 is 0. The van der Waals surface area contributed by atoms with Crippen molar-refractivity contribution >= 4 is 5.91 Å². The molecule has 0 aromatic heterocycles. The maximum atomic E-state index is 11.7. The number of hydrogen-bond acceptors (Lipinski definition) is 3. The quantitative estimate of drug-likeness (QED) is 0.848. The van der Waals surface area contributed by atoms with Gasteiger partial charge in [0.25, 0.3) is 0 Å². The summed E-state index contributed by atoms with van der Waals surface area (Å²) < 4.78 is 5.08. The van der Waals surface area contributed by atoms with E-state index < -0.39 is 0 Å². The second-order valence-corrected chi connectivity index (χ2v) is 4.38. The van der Waals surface area contributed by atoms with Crippen LogP contribution in [0, 0.1) is 5.92 Å². The first-order valence-electron chi connectivity index (χ1n) is 5.74. The summed E-state index contributed by atoms with van der Waals surface area (Å²) in [4.78, 5) is 13.5. The Labute approximate surface area is 101 Å². The van der Waals surface area contributed by atoms with Crippen molar-refractivity contribution in [2.45, 2.75) is 13.0 Å². The maximum absolute atomic E-state index is 11.7. The lowest BCUT2D eigenvalue weighted by molar-refractivity contribution is -0.128. The van der Waals surface area contributed by atoms with Crippen LogP contribution in [0.5, 0.6) is 5.75 Å². The van der Waals surface area contributed by atoms with Crippen LogP contribution in [0.3, 0.4) is 0 Å². The minimum Gasteiger partial charge on any atom is -0.497 e. The van der Waals surface area contributed by atoms with Gasteiger partial charge in [-0.1, -0.05) is 12.1 Å². The average molecular weight is 235 g/mol. The minimum atomic E-state index is 0.0881. The van der Waals surface area contributed by atoms with Crippen molar-refractivity contribution in [1.82, 2.24) is 4.90 Å². The van der Waals surface area contributed by atoms with E-state index in [9.17, 15) is 4.79 Å². The molecule has 92 valence electrons. The van der Waals surface area contributed by atoms with Crippen LogP contribution < -0.4 is 4.74 Å². The fourth-order valence-electron chi connectivity index (χ4n) is 2.08. The third kappa shape index (κ3) is 2.77. The third-order valence-electron chi connectivity index (χ3n) is 3.09. The van der Waals surface area contributed by atoms with E-state index in [0.717, 1.165) is 11.3 Å². The molecule has 4 heteroatoms. The van der Waals surface area contributed by atoms with E-state index >= 15 is 0 Å². The number of amides is 1. The Morgan fingerprint density at radius 1 is 1.41 bits per heavy atom. The second-order valence-electron chi connectivity index (χ2n) is 4.38. The Bertz CT molecular complexity index is 388. The first-order chi connectivity index (χ1) is 8.22. The standard InChI is InChI=1S/C13H17NO3/c1-17-12-4-2-10(3-5-12)7-14-8-11(9-15)6-13(14)16/h2-5,11,15H,6-9H2,1H3/t11-/m1/s1. The predicted octanol–water partition coefficient (Wildman–Crippen LogP) is 1.04. The van der Waals surface area contributed by atoms with Crippen LogP contribution in [0.2, 0.25) is 0 Å². The number of likely N-dealkylation sites (tertiary alicyclic amines) is 1. The van der Waals surface area contributed by atoms with Crippen molar-refractivity contribution in [3.05, 3.63) is 29.8 Å². The monoisotopic (exact) mass is 235 g/mol. The first kappa shape index (κ1) is 11.9. The molecule has 1 atom stereocenters. The summed E-state index contributed by atoms with van der Waals surface area (Å²) in [5, 5.41) is 9.04. The lowest BCUT2D eigenvalue weighted by Gasteiger charge is -2.16. The zero-order valence-corrected chi connectivity index (χ0v) is 9.93. The SMILES string of the molecule is COc1ccc(CN2C[C@H](CO)CC2=O)cc1. The van der Waals surface area contributed by atoms with Gasteiger partial charge in [0, 0.05) is 32.0 Å². The zero-order chi connectivity index (χ0) is 12.3. The molecule has 0 bridgehead atoms. The van der Waals surface area contributed by atoms with E-state index in [1.165, 1.54) is 0 Å². The number of nitrogens with zero attached hydrogens (tertiary/aromatic N) is 1. The highest BCUT2D eigenvalue weighted by Gasteiger charge is 2.28. The smallest absolute Gasteiger partial charge is 0.223 e. The van der Waals surface area contributed by atoms with Gasteiger partial charge in [-0.15, -0.1) is 0 Å². The summed E-state index contributed by atoms with van der Waals surface area (Å²) in [5.41, 5.74) is 1.08. The molecule has 0 spiro atoms. The van der Waals surface area contributed by atoms with E-state index in [4.69, 9.17) is 9.84 Å². The molecule has 1 aromatic carbocycles. The van der Waals surface area contributed by atoms with Gasteiger partial charge < -0.3 is 14.7 Å². The summed E-state index contributed by atoms with van der Waals surface area (Å²) in [6.07, 6.45) is 0.465. The lowest BCUT2D eigenvalue weighted by atomic mass is 10.1. The number of carbonyl (C=O) groups is 1. The molecule has 1 saturated heterocycles. The molecule has 17 heavy (non-hydrogen) atoms. The molecule has 4 nitrogen and oxygen atoms in total. The van der Waals surface area contributed by atoms with Gasteiger partial charge in [-0.05, 0) is 17.7 Å². The molecule has 1 aromatic rings. The molecule has 1 heterocycles. The molecule has 1 amide bonds. The fourth-order valence-corrected chi connectivity index (χ4v) is 2.08. The zero-order valence-electron chi connectivity index (χ0n) is 9.93. The minimum absolute atomic E-state index is 0.0881. The fraction of sp³-hybridized carbons (Fsp3) is 0.462. The molecule has 1 N–H and O–H groups in total. The highest BCUT2D eigenvalue weighted by Crippen LogP contribution is 2.20. The van der Waals surface area contributed by atoms with Crippen LogP contribution in [0.4, 0.5) is 0 Å². The van der Waals surface area contributed by atoms with Crippen molar-refractivity contribution in [3.8, 4) is 5.75 Å². The predicted molar refractivity (Wildman–Crippen MR) is 63.6 cm³/mol. The van der Waals surface area contributed by atoms with Crippen LogP contribution in [0.1, 0.15) is 12.0 Å². The Morgan fingerprint density at radius 3 is 2.65 bits per heavy atom.